The third-order valence-electron chi connectivity index (χ3n) is 4.40. The van der Waals surface area contributed by atoms with E-state index in [-0.39, 0.29) is 11.5 Å². The van der Waals surface area contributed by atoms with Crippen LogP contribution in [0.4, 0.5) is 8.78 Å². The van der Waals surface area contributed by atoms with Crippen LogP contribution in [0.5, 0.6) is 11.5 Å². The highest BCUT2D eigenvalue weighted by molar-refractivity contribution is 5.84. The molecule has 0 radical (unpaired) electrons. The molecule has 26 heavy (non-hydrogen) atoms. The summed E-state index contributed by atoms with van der Waals surface area (Å²) in [7, 11) is 0. The average Bonchev–Trinajstić information content (AvgIpc) is 2.61. The lowest BCUT2D eigenvalue weighted by Crippen LogP contribution is -2.37. The Hall–Kier alpha value is -2.76. The van der Waals surface area contributed by atoms with E-state index in [1.807, 2.05) is 0 Å². The molecule has 0 aromatic heterocycles. The van der Waals surface area contributed by atoms with Gasteiger partial charge >= 0.3 is 11.9 Å². The lowest BCUT2D eigenvalue weighted by atomic mass is 9.79. The molecule has 0 spiro atoms. The van der Waals surface area contributed by atoms with Crippen LogP contribution in [0, 0.1) is 23.5 Å². The normalized spacial score (nSPS) is 19.6. The SMILES string of the molecule is O=C(Oc1cccc(F)c1)C1CCCCC1C(=O)Oc1cccc(F)c1. The Morgan fingerprint density at radius 1 is 0.769 bits per heavy atom. The summed E-state index contributed by atoms with van der Waals surface area (Å²) in [5, 5.41) is 0. The molecule has 136 valence electrons. The van der Waals surface area contributed by atoms with Crippen molar-refractivity contribution >= 4 is 11.9 Å². The first-order valence-corrected chi connectivity index (χ1v) is 8.47. The van der Waals surface area contributed by atoms with Crippen molar-refractivity contribution in [3.8, 4) is 11.5 Å². The molecule has 2 aromatic carbocycles. The van der Waals surface area contributed by atoms with E-state index in [4.69, 9.17) is 9.47 Å². The van der Waals surface area contributed by atoms with Crippen molar-refractivity contribution in [3.05, 3.63) is 60.2 Å². The first-order valence-electron chi connectivity index (χ1n) is 8.47. The van der Waals surface area contributed by atoms with E-state index in [0.717, 1.165) is 25.0 Å². The molecule has 1 fully saturated rings. The number of carbonyl (C=O) groups excluding carboxylic acids is 2. The predicted octanol–water partition coefficient (Wildman–Crippen LogP) is 4.28. The predicted molar refractivity (Wildman–Crippen MR) is 89.5 cm³/mol. The van der Waals surface area contributed by atoms with Crippen LogP contribution in [0.3, 0.4) is 0 Å². The van der Waals surface area contributed by atoms with Crippen molar-refractivity contribution in [3.63, 3.8) is 0 Å². The molecule has 1 aliphatic carbocycles. The number of carbonyl (C=O) groups is 2. The molecule has 0 heterocycles. The molecule has 0 amide bonds. The molecular weight excluding hydrogens is 342 g/mol. The summed E-state index contributed by atoms with van der Waals surface area (Å²) in [5.74, 6) is -3.35. The molecule has 4 nitrogen and oxygen atoms in total. The average molecular weight is 360 g/mol. The van der Waals surface area contributed by atoms with Crippen molar-refractivity contribution in [2.24, 2.45) is 11.8 Å². The van der Waals surface area contributed by atoms with Crippen LogP contribution in [0.1, 0.15) is 25.7 Å². The van der Waals surface area contributed by atoms with Gasteiger partial charge in [0.25, 0.3) is 0 Å². The minimum absolute atomic E-state index is 0.0952. The first-order chi connectivity index (χ1) is 12.5. The van der Waals surface area contributed by atoms with Crippen LogP contribution in [0.15, 0.2) is 48.5 Å². The summed E-state index contributed by atoms with van der Waals surface area (Å²) in [5.41, 5.74) is 0. The number of rotatable bonds is 4. The summed E-state index contributed by atoms with van der Waals surface area (Å²) in [4.78, 5) is 25.0. The maximum atomic E-state index is 13.2. The second kappa shape index (κ2) is 8.08. The Balaban J connectivity index is 1.70. The van der Waals surface area contributed by atoms with E-state index < -0.39 is 35.4 Å². The van der Waals surface area contributed by atoms with E-state index >= 15 is 0 Å². The molecule has 1 aliphatic rings. The summed E-state index contributed by atoms with van der Waals surface area (Å²) < 4.78 is 37.0. The largest absolute Gasteiger partial charge is 0.426 e. The summed E-state index contributed by atoms with van der Waals surface area (Å²) in [6, 6.07) is 10.5. The van der Waals surface area contributed by atoms with E-state index in [0.29, 0.717) is 12.8 Å². The summed E-state index contributed by atoms with van der Waals surface area (Å²) >= 11 is 0. The second-order valence-electron chi connectivity index (χ2n) is 6.25. The fraction of sp³-hybridized carbons (Fsp3) is 0.300. The second-order valence-corrected chi connectivity index (χ2v) is 6.25. The smallest absolute Gasteiger partial charge is 0.315 e. The van der Waals surface area contributed by atoms with Crippen LogP contribution in [0.2, 0.25) is 0 Å². The van der Waals surface area contributed by atoms with E-state index in [1.54, 1.807) is 0 Å². The number of benzene rings is 2. The van der Waals surface area contributed by atoms with Gasteiger partial charge in [-0.3, -0.25) is 9.59 Å². The van der Waals surface area contributed by atoms with Crippen molar-refractivity contribution < 1.29 is 27.8 Å². The number of hydrogen-bond acceptors (Lipinski definition) is 4. The Bertz CT molecular complexity index is 738. The molecule has 0 saturated heterocycles. The Kier molecular flexibility index (Phi) is 5.61. The van der Waals surface area contributed by atoms with Crippen molar-refractivity contribution in [2.75, 3.05) is 0 Å². The van der Waals surface area contributed by atoms with Crippen molar-refractivity contribution in [2.45, 2.75) is 25.7 Å². The van der Waals surface area contributed by atoms with Gasteiger partial charge in [-0.25, -0.2) is 8.78 Å². The maximum Gasteiger partial charge on any atom is 0.315 e. The lowest BCUT2D eigenvalue weighted by Gasteiger charge is -2.28. The quantitative estimate of drug-likeness (QED) is 0.603. The monoisotopic (exact) mass is 360 g/mol. The zero-order valence-electron chi connectivity index (χ0n) is 14.0. The van der Waals surface area contributed by atoms with Crippen LogP contribution >= 0.6 is 0 Å². The van der Waals surface area contributed by atoms with E-state index in [9.17, 15) is 18.4 Å². The van der Waals surface area contributed by atoms with Crippen LogP contribution in [-0.4, -0.2) is 11.9 Å². The summed E-state index contributed by atoms with van der Waals surface area (Å²) in [6.45, 7) is 0. The van der Waals surface area contributed by atoms with Crippen molar-refractivity contribution in [1.29, 1.82) is 0 Å². The Morgan fingerprint density at radius 3 is 1.58 bits per heavy atom. The maximum absolute atomic E-state index is 13.2. The van der Waals surface area contributed by atoms with Gasteiger partial charge in [0.05, 0.1) is 11.8 Å². The van der Waals surface area contributed by atoms with Gasteiger partial charge in [0.15, 0.2) is 0 Å². The number of ether oxygens (including phenoxy) is 2. The Morgan fingerprint density at radius 2 is 1.19 bits per heavy atom. The highest BCUT2D eigenvalue weighted by atomic mass is 19.1. The molecule has 2 aromatic rings. The fourth-order valence-electron chi connectivity index (χ4n) is 3.14. The number of esters is 2. The number of halogens is 2. The van der Waals surface area contributed by atoms with Gasteiger partial charge in [-0.05, 0) is 37.1 Å². The first kappa shape index (κ1) is 18.0. The van der Waals surface area contributed by atoms with Gasteiger partial charge in [-0.2, -0.15) is 0 Å². The van der Waals surface area contributed by atoms with Gasteiger partial charge in [0, 0.05) is 12.1 Å². The van der Waals surface area contributed by atoms with E-state index in [2.05, 4.69) is 0 Å². The van der Waals surface area contributed by atoms with Gasteiger partial charge < -0.3 is 9.47 Å². The fourth-order valence-corrected chi connectivity index (χ4v) is 3.14. The zero-order chi connectivity index (χ0) is 18.5. The molecule has 3 rings (SSSR count). The third-order valence-corrected chi connectivity index (χ3v) is 4.40. The van der Waals surface area contributed by atoms with Gasteiger partial charge in [0.2, 0.25) is 0 Å². The molecule has 6 heteroatoms. The molecule has 2 unspecified atom stereocenters. The van der Waals surface area contributed by atoms with Gasteiger partial charge in [-0.15, -0.1) is 0 Å². The van der Waals surface area contributed by atoms with Gasteiger partial charge in [0.1, 0.15) is 23.1 Å². The van der Waals surface area contributed by atoms with Gasteiger partial charge in [-0.1, -0.05) is 25.0 Å². The molecular formula is C20H18F2O4. The van der Waals surface area contributed by atoms with E-state index in [1.165, 1.54) is 36.4 Å². The Labute approximate surface area is 149 Å². The van der Waals surface area contributed by atoms with Crippen LogP contribution < -0.4 is 9.47 Å². The topological polar surface area (TPSA) is 52.6 Å². The minimum atomic E-state index is -0.673. The highest BCUT2D eigenvalue weighted by Gasteiger charge is 2.38. The molecule has 0 aliphatic heterocycles. The minimum Gasteiger partial charge on any atom is -0.426 e. The lowest BCUT2D eigenvalue weighted by molar-refractivity contribution is -0.152. The number of hydrogen-bond donors (Lipinski definition) is 0. The zero-order valence-corrected chi connectivity index (χ0v) is 14.0. The highest BCUT2D eigenvalue weighted by Crippen LogP contribution is 2.33. The third kappa shape index (κ3) is 4.45. The molecule has 2 atom stereocenters. The standard InChI is InChI=1S/C20H18F2O4/c21-13-5-3-7-15(11-13)25-19(23)17-9-1-2-10-18(17)20(24)26-16-8-4-6-14(22)12-16/h3-8,11-12,17-18H,1-2,9-10H2. The molecule has 1 saturated carbocycles. The van der Waals surface area contributed by atoms with Crippen LogP contribution in [-0.2, 0) is 9.59 Å². The van der Waals surface area contributed by atoms with Crippen LogP contribution in [0.25, 0.3) is 0 Å². The summed E-state index contributed by atoms with van der Waals surface area (Å²) in [6.07, 6.45) is 2.54. The van der Waals surface area contributed by atoms with Crippen molar-refractivity contribution in [1.82, 2.24) is 0 Å². The molecule has 0 N–H and O–H groups in total. The molecule has 0 bridgehead atoms.